The zero-order chi connectivity index (χ0) is 24.7. The van der Waals surface area contributed by atoms with Gasteiger partial charge in [-0.2, -0.15) is 4.31 Å². The molecule has 8 heteroatoms. The summed E-state index contributed by atoms with van der Waals surface area (Å²) < 4.78 is 48.0. The van der Waals surface area contributed by atoms with Crippen LogP contribution in [0.25, 0.3) is 11.1 Å². The van der Waals surface area contributed by atoms with Crippen molar-refractivity contribution in [2.45, 2.75) is 4.90 Å². The summed E-state index contributed by atoms with van der Waals surface area (Å²) in [5, 5.41) is 3.36. The molecule has 3 aliphatic rings. The van der Waals surface area contributed by atoms with E-state index < -0.39 is 10.0 Å². The fourth-order valence-electron chi connectivity index (χ4n) is 5.62. The van der Waals surface area contributed by atoms with Gasteiger partial charge in [0.15, 0.2) is 0 Å². The van der Waals surface area contributed by atoms with Crippen LogP contribution >= 0.6 is 0 Å². The highest BCUT2D eigenvalue weighted by atomic mass is 32.2. The molecule has 0 spiro atoms. The van der Waals surface area contributed by atoms with E-state index in [1.807, 2.05) is 59.5 Å². The molecule has 188 valence electrons. The second kappa shape index (κ2) is 9.50. The average molecular weight is 508 g/mol. The van der Waals surface area contributed by atoms with Gasteiger partial charge in [-0.1, -0.05) is 42.5 Å². The van der Waals surface area contributed by atoms with E-state index in [1.54, 1.807) is 22.5 Å². The number of piperidine rings is 1. The molecule has 2 saturated heterocycles. The van der Waals surface area contributed by atoms with Crippen LogP contribution in [0.5, 0.6) is 0 Å². The maximum atomic E-state index is 14.7. The Hall–Kier alpha value is -2.94. The summed E-state index contributed by atoms with van der Waals surface area (Å²) in [6.07, 6.45) is 0. The first-order valence-corrected chi connectivity index (χ1v) is 14.0. The van der Waals surface area contributed by atoms with Crippen LogP contribution in [-0.2, 0) is 14.8 Å². The normalized spacial score (nSPS) is 23.9. The Kier molecular flexibility index (Phi) is 6.19. The van der Waals surface area contributed by atoms with Crippen molar-refractivity contribution in [3.8, 4) is 11.1 Å². The molecule has 2 heterocycles. The molecule has 0 aromatic heterocycles. The van der Waals surface area contributed by atoms with Gasteiger partial charge in [0.25, 0.3) is 0 Å². The number of ether oxygens (including phenoxy) is 1. The standard InChI is InChI=1S/C28H30FN3O3S/c29-27-16-22(8-11-28(27)31-12-14-35-15-13-31)30-17-24-25-18-32(19-26(24)25)36(33,34)23-9-6-21(7-10-23)20-4-2-1-3-5-20/h1-11,16,24-26,30H,12-15,17-19H2. The highest BCUT2D eigenvalue weighted by Crippen LogP contribution is 2.52. The molecule has 3 aromatic carbocycles. The summed E-state index contributed by atoms with van der Waals surface area (Å²) in [4.78, 5) is 2.35. The van der Waals surface area contributed by atoms with Crippen LogP contribution in [0.3, 0.4) is 0 Å². The number of morpholine rings is 1. The third-order valence-electron chi connectivity index (χ3n) is 7.78. The van der Waals surface area contributed by atoms with Crippen molar-refractivity contribution in [2.24, 2.45) is 17.8 Å². The summed E-state index contributed by atoms with van der Waals surface area (Å²) in [5.41, 5.74) is 3.44. The largest absolute Gasteiger partial charge is 0.385 e. The molecule has 3 aromatic rings. The first kappa shape index (κ1) is 23.5. The van der Waals surface area contributed by atoms with Crippen LogP contribution in [0.15, 0.2) is 77.7 Å². The molecule has 0 bridgehead atoms. The third kappa shape index (κ3) is 4.49. The van der Waals surface area contributed by atoms with Crippen molar-refractivity contribution >= 4 is 21.4 Å². The molecule has 6 rings (SSSR count). The minimum atomic E-state index is -3.50. The predicted octanol–water partition coefficient (Wildman–Crippen LogP) is 4.31. The van der Waals surface area contributed by atoms with Crippen LogP contribution in [0.1, 0.15) is 0 Å². The Morgan fingerprint density at radius 1 is 0.889 bits per heavy atom. The van der Waals surface area contributed by atoms with Crippen molar-refractivity contribution in [3.05, 3.63) is 78.6 Å². The maximum absolute atomic E-state index is 14.7. The first-order valence-electron chi connectivity index (χ1n) is 12.5. The second-order valence-corrected chi connectivity index (χ2v) is 11.8. The van der Waals surface area contributed by atoms with Crippen molar-refractivity contribution < 1.29 is 17.5 Å². The molecule has 1 saturated carbocycles. The monoisotopic (exact) mass is 507 g/mol. The van der Waals surface area contributed by atoms with Gasteiger partial charge >= 0.3 is 0 Å². The fraction of sp³-hybridized carbons (Fsp3) is 0.357. The molecule has 36 heavy (non-hydrogen) atoms. The Morgan fingerprint density at radius 2 is 1.56 bits per heavy atom. The molecule has 2 unspecified atom stereocenters. The van der Waals surface area contributed by atoms with E-state index >= 15 is 0 Å². The lowest BCUT2D eigenvalue weighted by molar-refractivity contribution is 0.122. The number of hydrogen-bond donors (Lipinski definition) is 1. The van der Waals surface area contributed by atoms with Gasteiger partial charge in [0, 0.05) is 38.4 Å². The smallest absolute Gasteiger partial charge is 0.243 e. The summed E-state index contributed by atoms with van der Waals surface area (Å²) >= 11 is 0. The van der Waals surface area contributed by atoms with E-state index in [0.717, 1.165) is 23.4 Å². The van der Waals surface area contributed by atoms with Gasteiger partial charge in [0.2, 0.25) is 10.0 Å². The number of hydrogen-bond acceptors (Lipinski definition) is 5. The highest BCUT2D eigenvalue weighted by molar-refractivity contribution is 7.89. The van der Waals surface area contributed by atoms with Gasteiger partial charge in [0.05, 0.1) is 23.8 Å². The highest BCUT2D eigenvalue weighted by Gasteiger charge is 2.57. The van der Waals surface area contributed by atoms with Crippen LogP contribution in [0.4, 0.5) is 15.8 Å². The number of nitrogens with one attached hydrogen (secondary N) is 1. The lowest BCUT2D eigenvalue weighted by Crippen LogP contribution is -2.36. The van der Waals surface area contributed by atoms with Crippen LogP contribution < -0.4 is 10.2 Å². The van der Waals surface area contributed by atoms with E-state index in [2.05, 4.69) is 5.32 Å². The molecule has 6 nitrogen and oxygen atoms in total. The van der Waals surface area contributed by atoms with Gasteiger partial charge in [0.1, 0.15) is 5.82 Å². The van der Waals surface area contributed by atoms with Crippen molar-refractivity contribution in [1.82, 2.24) is 4.31 Å². The van der Waals surface area contributed by atoms with Gasteiger partial charge in [-0.3, -0.25) is 0 Å². The van der Waals surface area contributed by atoms with Gasteiger partial charge in [-0.05, 0) is 59.2 Å². The number of rotatable bonds is 7. The zero-order valence-corrected chi connectivity index (χ0v) is 20.8. The fourth-order valence-corrected chi connectivity index (χ4v) is 7.14. The van der Waals surface area contributed by atoms with Crippen molar-refractivity contribution in [2.75, 3.05) is 56.2 Å². The van der Waals surface area contributed by atoms with E-state index in [1.165, 1.54) is 0 Å². The van der Waals surface area contributed by atoms with Gasteiger partial charge < -0.3 is 15.0 Å². The summed E-state index contributed by atoms with van der Waals surface area (Å²) in [6, 6.07) is 22.4. The molecule has 2 atom stereocenters. The molecule has 1 aliphatic carbocycles. The van der Waals surface area contributed by atoms with Gasteiger partial charge in [-0.25, -0.2) is 12.8 Å². The molecule has 3 fully saturated rings. The predicted molar refractivity (Wildman–Crippen MR) is 139 cm³/mol. The Bertz CT molecular complexity index is 1320. The van der Waals surface area contributed by atoms with Crippen molar-refractivity contribution in [1.29, 1.82) is 0 Å². The van der Waals surface area contributed by atoms with Crippen molar-refractivity contribution in [3.63, 3.8) is 0 Å². The summed E-state index contributed by atoms with van der Waals surface area (Å²) in [5.74, 6) is 0.897. The Labute approximate surface area is 211 Å². The molecule has 0 radical (unpaired) electrons. The number of anilines is 2. The Morgan fingerprint density at radius 3 is 2.22 bits per heavy atom. The molecule has 2 aliphatic heterocycles. The van der Waals surface area contributed by atoms with E-state index in [-0.39, 0.29) is 5.82 Å². The summed E-state index contributed by atoms with van der Waals surface area (Å²) in [7, 11) is -3.50. The SMILES string of the molecule is O=S(=O)(c1ccc(-c2ccccc2)cc1)N1CC2C(CNc3ccc(N4CCOCC4)c(F)c3)C2C1. The van der Waals surface area contributed by atoms with Crippen LogP contribution in [0, 0.1) is 23.6 Å². The second-order valence-electron chi connectivity index (χ2n) is 9.85. The third-order valence-corrected chi connectivity index (χ3v) is 9.62. The first-order chi connectivity index (χ1) is 17.5. The molecular formula is C28H30FN3O3S. The van der Waals surface area contributed by atoms with Crippen LogP contribution in [-0.4, -0.2) is 58.7 Å². The number of halogens is 1. The van der Waals surface area contributed by atoms with E-state index in [0.29, 0.717) is 67.7 Å². The summed E-state index contributed by atoms with van der Waals surface area (Å²) in [6.45, 7) is 4.46. The number of fused-ring (bicyclic) bond motifs is 1. The topological polar surface area (TPSA) is 61.9 Å². The zero-order valence-electron chi connectivity index (χ0n) is 20.0. The molecule has 1 N–H and O–H groups in total. The number of sulfonamides is 1. The number of benzene rings is 3. The lowest BCUT2D eigenvalue weighted by Gasteiger charge is -2.29. The quantitative estimate of drug-likeness (QED) is 0.517. The number of nitrogens with zero attached hydrogens (tertiary/aromatic N) is 2. The molecule has 0 amide bonds. The van der Waals surface area contributed by atoms with E-state index in [9.17, 15) is 12.8 Å². The Balaban J connectivity index is 1.03. The minimum Gasteiger partial charge on any atom is -0.385 e. The van der Waals surface area contributed by atoms with Crippen LogP contribution in [0.2, 0.25) is 0 Å². The molecular weight excluding hydrogens is 477 g/mol. The minimum absolute atomic E-state index is 0.228. The maximum Gasteiger partial charge on any atom is 0.243 e. The lowest BCUT2D eigenvalue weighted by atomic mass is 10.1. The van der Waals surface area contributed by atoms with E-state index in [4.69, 9.17) is 4.74 Å². The van der Waals surface area contributed by atoms with Gasteiger partial charge in [-0.15, -0.1) is 0 Å². The average Bonchev–Trinajstić information content (AvgIpc) is 3.35.